The van der Waals surface area contributed by atoms with E-state index in [-0.39, 0.29) is 35.6 Å². The molecule has 2 aliphatic rings. The zero-order valence-electron chi connectivity index (χ0n) is 19.3. The third-order valence-electron chi connectivity index (χ3n) is 6.30. The predicted octanol–water partition coefficient (Wildman–Crippen LogP) is 2.18. The summed E-state index contributed by atoms with van der Waals surface area (Å²) < 4.78 is 5.10. The molecule has 0 unspecified atom stereocenters. The average molecular weight is 468 g/mol. The molecule has 1 atom stereocenters. The molecule has 34 heavy (non-hydrogen) atoms. The molecule has 1 fully saturated rings. The average Bonchev–Trinajstić information content (AvgIpc) is 2.84. The molecule has 0 saturated carbocycles. The lowest BCUT2D eigenvalue weighted by atomic mass is 9.92. The second kappa shape index (κ2) is 10.1. The molecule has 3 N–H and O–H groups in total. The molecule has 2 amide bonds. The van der Waals surface area contributed by atoms with E-state index in [9.17, 15) is 19.2 Å². The van der Waals surface area contributed by atoms with E-state index in [1.165, 1.54) is 0 Å². The van der Waals surface area contributed by atoms with Gasteiger partial charge < -0.3 is 20.3 Å². The molecule has 1 aromatic carbocycles. The third-order valence-corrected chi connectivity index (χ3v) is 6.30. The Labute approximate surface area is 197 Å². The lowest BCUT2D eigenvalue weighted by Gasteiger charge is -2.32. The topological polar surface area (TPSA) is 133 Å². The lowest BCUT2D eigenvalue weighted by molar-refractivity contribution is -0.148. The number of amides is 2. The molecule has 1 aromatic heterocycles. The Morgan fingerprint density at radius 2 is 1.85 bits per heavy atom. The first-order valence-electron chi connectivity index (χ1n) is 11.6. The number of aryl methyl sites for hydroxylation is 1. The summed E-state index contributed by atoms with van der Waals surface area (Å²) >= 11 is 0. The molecule has 3 heterocycles. The van der Waals surface area contributed by atoms with E-state index >= 15 is 0 Å². The van der Waals surface area contributed by atoms with E-state index in [0.29, 0.717) is 44.2 Å². The van der Waals surface area contributed by atoms with E-state index in [1.807, 2.05) is 24.0 Å². The maximum Gasteiger partial charge on any atom is 0.309 e. The molecule has 0 aliphatic carbocycles. The first kappa shape index (κ1) is 23.5. The number of nitrogens with one attached hydrogen (secondary N) is 3. The van der Waals surface area contributed by atoms with Crippen molar-refractivity contribution in [2.75, 3.05) is 35.2 Å². The van der Waals surface area contributed by atoms with Crippen molar-refractivity contribution in [3.05, 3.63) is 45.7 Å². The van der Waals surface area contributed by atoms with Gasteiger partial charge in [-0.15, -0.1) is 0 Å². The lowest BCUT2D eigenvalue weighted by Crippen LogP contribution is -2.41. The van der Waals surface area contributed by atoms with Crippen LogP contribution in [0.2, 0.25) is 0 Å². The highest BCUT2D eigenvalue weighted by molar-refractivity contribution is 6.04. The number of benzene rings is 1. The zero-order valence-corrected chi connectivity index (χ0v) is 19.3. The number of anilines is 3. The summed E-state index contributed by atoms with van der Waals surface area (Å²) in [6.45, 7) is 5.19. The minimum absolute atomic E-state index is 0.101. The van der Waals surface area contributed by atoms with Crippen LogP contribution in [0.25, 0.3) is 0 Å². The summed E-state index contributed by atoms with van der Waals surface area (Å²) in [5.41, 5.74) is 1.42. The van der Waals surface area contributed by atoms with E-state index < -0.39 is 17.4 Å². The van der Waals surface area contributed by atoms with Crippen molar-refractivity contribution in [3.8, 4) is 0 Å². The number of hydrogen-bond donors (Lipinski definition) is 3. The number of aromatic nitrogens is 2. The fourth-order valence-electron chi connectivity index (χ4n) is 4.37. The number of nitrogens with zero attached hydrogens (tertiary/aromatic N) is 2. The number of fused-ring (bicyclic) bond motifs is 1. The van der Waals surface area contributed by atoms with E-state index in [1.54, 1.807) is 19.1 Å². The first-order chi connectivity index (χ1) is 16.4. The number of esters is 1. The highest BCUT2D eigenvalue weighted by Gasteiger charge is 2.36. The summed E-state index contributed by atoms with van der Waals surface area (Å²) in [5, 5.41) is 5.44. The monoisotopic (exact) mass is 467 g/mol. The summed E-state index contributed by atoms with van der Waals surface area (Å²) in [6, 6.07) is 7.43. The van der Waals surface area contributed by atoms with Crippen LogP contribution in [0.1, 0.15) is 50.2 Å². The van der Waals surface area contributed by atoms with Crippen molar-refractivity contribution in [2.24, 2.45) is 5.92 Å². The van der Waals surface area contributed by atoms with Gasteiger partial charge in [0.15, 0.2) is 0 Å². The summed E-state index contributed by atoms with van der Waals surface area (Å²) in [7, 11) is 0. The quantitative estimate of drug-likeness (QED) is 0.555. The maximum atomic E-state index is 13.0. The molecule has 180 valence electrons. The van der Waals surface area contributed by atoms with Crippen molar-refractivity contribution in [1.29, 1.82) is 0 Å². The van der Waals surface area contributed by atoms with Crippen LogP contribution < -0.4 is 21.1 Å². The number of ether oxygens (including phenoxy) is 1. The number of carbonyl (C=O) groups excluding carboxylic acids is 3. The Morgan fingerprint density at radius 1 is 1.15 bits per heavy atom. The smallest absolute Gasteiger partial charge is 0.309 e. The first-order valence-corrected chi connectivity index (χ1v) is 11.6. The molecule has 2 aromatic rings. The van der Waals surface area contributed by atoms with Crippen molar-refractivity contribution < 1.29 is 19.1 Å². The number of hydrogen-bond acceptors (Lipinski definition) is 7. The van der Waals surface area contributed by atoms with Gasteiger partial charge in [0.25, 0.3) is 5.56 Å². The number of piperidine rings is 1. The highest BCUT2D eigenvalue weighted by atomic mass is 16.5. The zero-order chi connectivity index (χ0) is 24.2. The van der Waals surface area contributed by atoms with Gasteiger partial charge in [-0.25, -0.2) is 0 Å². The molecule has 0 radical (unpaired) electrons. The molecule has 10 heteroatoms. The number of aromatic amines is 1. The normalized spacial score (nSPS) is 18.1. The standard InChI is InChI=1S/C24H29N5O5/c1-3-14-5-7-16(8-6-14)25-21(31)17-13-18(30)26-20-19(17)22(32)28-24(27-20)29-11-9-15(10-12-29)23(33)34-4-2/h5-8,15,17H,3-4,9-13H2,1-2H3,(H,25,31)(H2,26,27,28,30,32)/t17-/m0/s1. The fourth-order valence-corrected chi connectivity index (χ4v) is 4.37. The Kier molecular flexibility index (Phi) is 6.95. The Hall–Kier alpha value is -3.69. The molecule has 2 aliphatic heterocycles. The van der Waals surface area contributed by atoms with Crippen LogP contribution in [-0.4, -0.2) is 47.4 Å². The second-order valence-corrected chi connectivity index (χ2v) is 8.51. The summed E-state index contributed by atoms with van der Waals surface area (Å²) in [5.74, 6) is -1.74. The Bertz CT molecular complexity index is 1140. The van der Waals surface area contributed by atoms with Crippen LogP contribution in [0, 0.1) is 5.92 Å². The molecule has 0 spiro atoms. The predicted molar refractivity (Wildman–Crippen MR) is 127 cm³/mol. The molecule has 0 bridgehead atoms. The molecule has 4 rings (SSSR count). The van der Waals surface area contributed by atoms with Crippen LogP contribution in [-0.2, 0) is 25.5 Å². The number of H-pyrrole nitrogens is 1. The molecule has 10 nitrogen and oxygen atoms in total. The van der Waals surface area contributed by atoms with Gasteiger partial charge in [0.1, 0.15) is 5.82 Å². The van der Waals surface area contributed by atoms with Crippen LogP contribution in [0.5, 0.6) is 0 Å². The van der Waals surface area contributed by atoms with Gasteiger partial charge in [-0.05, 0) is 43.9 Å². The second-order valence-electron chi connectivity index (χ2n) is 8.51. The molecule has 1 saturated heterocycles. The number of rotatable bonds is 6. The van der Waals surface area contributed by atoms with E-state index in [2.05, 4.69) is 20.6 Å². The van der Waals surface area contributed by atoms with Crippen LogP contribution in [0.15, 0.2) is 29.1 Å². The van der Waals surface area contributed by atoms with Gasteiger partial charge in [0, 0.05) is 25.2 Å². The van der Waals surface area contributed by atoms with Crippen LogP contribution in [0.3, 0.4) is 0 Å². The van der Waals surface area contributed by atoms with Gasteiger partial charge in [-0.3, -0.25) is 24.2 Å². The van der Waals surface area contributed by atoms with Crippen molar-refractivity contribution in [3.63, 3.8) is 0 Å². The minimum atomic E-state index is -0.950. The van der Waals surface area contributed by atoms with E-state index in [4.69, 9.17) is 4.74 Å². The van der Waals surface area contributed by atoms with Crippen molar-refractivity contribution >= 4 is 35.2 Å². The summed E-state index contributed by atoms with van der Waals surface area (Å²) in [4.78, 5) is 59.4. The Morgan fingerprint density at radius 3 is 2.50 bits per heavy atom. The molecular weight excluding hydrogens is 438 g/mol. The van der Waals surface area contributed by atoms with Crippen LogP contribution >= 0.6 is 0 Å². The third kappa shape index (κ3) is 4.95. The van der Waals surface area contributed by atoms with Gasteiger partial charge in [0.05, 0.1) is 24.0 Å². The van der Waals surface area contributed by atoms with Crippen molar-refractivity contribution in [1.82, 2.24) is 9.97 Å². The van der Waals surface area contributed by atoms with Gasteiger partial charge >= 0.3 is 5.97 Å². The number of carbonyl (C=O) groups is 3. The molecular formula is C24H29N5O5. The Balaban J connectivity index is 1.52. The highest BCUT2D eigenvalue weighted by Crippen LogP contribution is 2.31. The SMILES string of the molecule is CCOC(=O)C1CCN(c2nc3c(c(=O)[nH]2)[C@@H](C(=O)Nc2ccc(CC)cc2)CC(=O)N3)CC1. The van der Waals surface area contributed by atoms with Gasteiger partial charge in [-0.2, -0.15) is 4.98 Å². The van der Waals surface area contributed by atoms with E-state index in [0.717, 1.165) is 12.0 Å². The van der Waals surface area contributed by atoms with Crippen molar-refractivity contribution in [2.45, 2.75) is 45.4 Å². The summed E-state index contributed by atoms with van der Waals surface area (Å²) in [6.07, 6.45) is 1.90. The largest absolute Gasteiger partial charge is 0.466 e. The fraction of sp³-hybridized carbons (Fsp3) is 0.458. The van der Waals surface area contributed by atoms with Gasteiger partial charge in [-0.1, -0.05) is 19.1 Å². The maximum absolute atomic E-state index is 13.0. The van der Waals surface area contributed by atoms with Gasteiger partial charge in [0.2, 0.25) is 17.8 Å². The minimum Gasteiger partial charge on any atom is -0.466 e. The van der Waals surface area contributed by atoms with Crippen LogP contribution in [0.4, 0.5) is 17.5 Å².